The summed E-state index contributed by atoms with van der Waals surface area (Å²) in [5.74, 6) is 0. The largest absolute Gasteiger partial charge is 0.515 e. The molecular formula is C10H14F3NO. The number of hydrogen-bond acceptors (Lipinski definition) is 2. The van der Waals surface area contributed by atoms with E-state index in [2.05, 4.69) is 5.32 Å². The van der Waals surface area contributed by atoms with Gasteiger partial charge in [0.05, 0.1) is 11.8 Å². The van der Waals surface area contributed by atoms with Crippen LogP contribution in [0.5, 0.6) is 0 Å². The molecule has 0 heterocycles. The van der Waals surface area contributed by atoms with Gasteiger partial charge in [-0.25, -0.2) is 0 Å². The number of aliphatic hydroxyl groups is 1. The molecule has 0 unspecified atom stereocenters. The molecule has 0 aromatic rings. The van der Waals surface area contributed by atoms with E-state index < -0.39 is 11.7 Å². The molecule has 2 nitrogen and oxygen atoms in total. The van der Waals surface area contributed by atoms with E-state index in [4.69, 9.17) is 5.11 Å². The molecule has 0 aliphatic rings. The third-order valence-corrected chi connectivity index (χ3v) is 1.82. The van der Waals surface area contributed by atoms with Crippen molar-refractivity contribution in [3.63, 3.8) is 0 Å². The number of allylic oxidation sites excluding steroid dienone is 5. The summed E-state index contributed by atoms with van der Waals surface area (Å²) in [7, 11) is 1.61. The zero-order valence-electron chi connectivity index (χ0n) is 8.81. The maximum absolute atomic E-state index is 12.4. The van der Waals surface area contributed by atoms with Crippen molar-refractivity contribution in [2.75, 3.05) is 7.05 Å². The second-order valence-corrected chi connectivity index (χ2v) is 2.99. The molecule has 0 rings (SSSR count). The normalized spacial score (nSPS) is 15.5. The van der Waals surface area contributed by atoms with Crippen LogP contribution in [-0.4, -0.2) is 18.3 Å². The van der Waals surface area contributed by atoms with E-state index in [1.165, 1.54) is 13.0 Å². The van der Waals surface area contributed by atoms with Gasteiger partial charge in [-0.3, -0.25) is 0 Å². The van der Waals surface area contributed by atoms with Crippen molar-refractivity contribution in [1.29, 1.82) is 0 Å². The molecule has 86 valence electrons. The number of halogens is 3. The summed E-state index contributed by atoms with van der Waals surface area (Å²) in [6, 6.07) is 0. The van der Waals surface area contributed by atoms with Gasteiger partial charge in [0.25, 0.3) is 0 Å². The van der Waals surface area contributed by atoms with Crippen LogP contribution in [0.4, 0.5) is 13.2 Å². The van der Waals surface area contributed by atoms with E-state index >= 15 is 0 Å². The Morgan fingerprint density at radius 1 is 1.20 bits per heavy atom. The number of aliphatic hydroxyl groups excluding tert-OH is 1. The van der Waals surface area contributed by atoms with Gasteiger partial charge in [0.15, 0.2) is 0 Å². The number of hydrogen-bond donors (Lipinski definition) is 2. The molecule has 5 heteroatoms. The van der Waals surface area contributed by atoms with Gasteiger partial charge in [0, 0.05) is 12.7 Å². The average Bonchev–Trinajstić information content (AvgIpc) is 2.15. The maximum atomic E-state index is 12.4. The molecule has 2 N–H and O–H groups in total. The summed E-state index contributed by atoms with van der Waals surface area (Å²) >= 11 is 0. The highest BCUT2D eigenvalue weighted by Crippen LogP contribution is 2.30. The second-order valence-electron chi connectivity index (χ2n) is 2.99. The Morgan fingerprint density at radius 3 is 2.07 bits per heavy atom. The molecular weight excluding hydrogens is 207 g/mol. The van der Waals surface area contributed by atoms with Crippen molar-refractivity contribution in [2.24, 2.45) is 0 Å². The fourth-order valence-corrected chi connectivity index (χ4v) is 0.811. The van der Waals surface area contributed by atoms with Gasteiger partial charge in [0.2, 0.25) is 0 Å². The van der Waals surface area contributed by atoms with Gasteiger partial charge in [-0.05, 0) is 31.6 Å². The third kappa shape index (κ3) is 4.58. The summed E-state index contributed by atoms with van der Waals surface area (Å²) in [5, 5.41) is 11.2. The Morgan fingerprint density at radius 2 is 1.73 bits per heavy atom. The van der Waals surface area contributed by atoms with Gasteiger partial charge < -0.3 is 10.4 Å². The molecule has 0 amide bonds. The lowest BCUT2D eigenvalue weighted by Crippen LogP contribution is -2.13. The second kappa shape index (κ2) is 5.48. The van der Waals surface area contributed by atoms with Crippen molar-refractivity contribution in [1.82, 2.24) is 5.32 Å². The maximum Gasteiger partial charge on any atom is 0.416 e. The summed E-state index contributed by atoms with van der Waals surface area (Å²) < 4.78 is 37.3. The minimum absolute atomic E-state index is 0.220. The van der Waals surface area contributed by atoms with Crippen LogP contribution in [0.15, 0.2) is 35.3 Å². The van der Waals surface area contributed by atoms with Crippen LogP contribution in [0.2, 0.25) is 0 Å². The van der Waals surface area contributed by atoms with Crippen molar-refractivity contribution >= 4 is 0 Å². The lowest BCUT2D eigenvalue weighted by molar-refractivity contribution is -0.0894. The average molecular weight is 221 g/mol. The smallest absolute Gasteiger partial charge is 0.416 e. The summed E-state index contributed by atoms with van der Waals surface area (Å²) in [4.78, 5) is 0. The van der Waals surface area contributed by atoms with Gasteiger partial charge in [-0.2, -0.15) is 13.2 Å². The van der Waals surface area contributed by atoms with Crippen molar-refractivity contribution < 1.29 is 18.3 Å². The molecule has 0 fully saturated rings. The Kier molecular flexibility index (Phi) is 4.97. The fourth-order valence-electron chi connectivity index (χ4n) is 0.811. The SMILES string of the molecule is CN/C(C)=C/C=C(\C(C)=C\O)C(F)(F)F. The standard InChI is InChI=1S/C10H14F3NO/c1-7(6-15)9(10(11,12)13)5-4-8(2)14-3/h4-6,14-15H,1-3H3/b7-6+,8-4+,9-5+. The van der Waals surface area contributed by atoms with E-state index in [-0.39, 0.29) is 5.57 Å². The minimum Gasteiger partial charge on any atom is -0.515 e. The fraction of sp³-hybridized carbons (Fsp3) is 0.400. The monoisotopic (exact) mass is 221 g/mol. The Bertz CT molecular complexity index is 300. The van der Waals surface area contributed by atoms with Gasteiger partial charge in [-0.15, -0.1) is 0 Å². The summed E-state index contributed by atoms with van der Waals surface area (Å²) in [5.41, 5.74) is -0.482. The quantitative estimate of drug-likeness (QED) is 0.567. The van der Waals surface area contributed by atoms with E-state index in [0.717, 1.165) is 6.08 Å². The molecule has 0 bridgehead atoms. The van der Waals surface area contributed by atoms with Crippen molar-refractivity contribution in [2.45, 2.75) is 20.0 Å². The third-order valence-electron chi connectivity index (χ3n) is 1.82. The molecule has 15 heavy (non-hydrogen) atoms. The van der Waals surface area contributed by atoms with Crippen LogP contribution in [-0.2, 0) is 0 Å². The number of nitrogens with one attached hydrogen (secondary N) is 1. The van der Waals surface area contributed by atoms with Gasteiger partial charge in [-0.1, -0.05) is 0 Å². The Hall–Kier alpha value is -1.39. The number of rotatable bonds is 3. The van der Waals surface area contributed by atoms with E-state index in [0.29, 0.717) is 12.0 Å². The molecule has 0 saturated heterocycles. The molecule has 0 radical (unpaired) electrons. The summed E-state index contributed by atoms with van der Waals surface area (Å²) in [6.07, 6.45) is -1.79. The van der Waals surface area contributed by atoms with Crippen LogP contribution >= 0.6 is 0 Å². The van der Waals surface area contributed by atoms with Crippen LogP contribution < -0.4 is 5.32 Å². The van der Waals surface area contributed by atoms with Crippen LogP contribution in [0.3, 0.4) is 0 Å². The molecule has 0 spiro atoms. The van der Waals surface area contributed by atoms with Crippen LogP contribution in [0.25, 0.3) is 0 Å². The Labute approximate surface area is 86.8 Å². The first-order chi connectivity index (χ1) is 6.82. The first-order valence-electron chi connectivity index (χ1n) is 4.27. The highest BCUT2D eigenvalue weighted by molar-refractivity contribution is 5.35. The Balaban J connectivity index is 5.14. The molecule has 0 aromatic carbocycles. The first-order valence-corrected chi connectivity index (χ1v) is 4.27. The predicted octanol–water partition coefficient (Wildman–Crippen LogP) is 3.06. The van der Waals surface area contributed by atoms with Crippen LogP contribution in [0.1, 0.15) is 13.8 Å². The lowest BCUT2D eigenvalue weighted by Gasteiger charge is -2.10. The van der Waals surface area contributed by atoms with Crippen LogP contribution in [0, 0.1) is 0 Å². The topological polar surface area (TPSA) is 32.3 Å². The van der Waals surface area contributed by atoms with Crippen molar-refractivity contribution in [3.8, 4) is 0 Å². The van der Waals surface area contributed by atoms with E-state index in [1.54, 1.807) is 14.0 Å². The molecule has 0 saturated carbocycles. The van der Waals surface area contributed by atoms with Crippen molar-refractivity contribution in [3.05, 3.63) is 35.3 Å². The molecule has 0 aromatic heterocycles. The van der Waals surface area contributed by atoms with Gasteiger partial charge in [0.1, 0.15) is 0 Å². The first kappa shape index (κ1) is 13.6. The highest BCUT2D eigenvalue weighted by Gasteiger charge is 2.34. The molecule has 0 atom stereocenters. The van der Waals surface area contributed by atoms with E-state index in [9.17, 15) is 13.2 Å². The van der Waals surface area contributed by atoms with E-state index in [1.807, 2.05) is 0 Å². The zero-order chi connectivity index (χ0) is 12.1. The molecule has 0 aliphatic carbocycles. The highest BCUT2D eigenvalue weighted by atomic mass is 19.4. The predicted molar refractivity (Wildman–Crippen MR) is 53.3 cm³/mol. The zero-order valence-corrected chi connectivity index (χ0v) is 8.81. The minimum atomic E-state index is -4.46. The summed E-state index contributed by atoms with van der Waals surface area (Å²) in [6.45, 7) is 2.84. The molecule has 0 aliphatic heterocycles. The number of alkyl halides is 3. The lowest BCUT2D eigenvalue weighted by atomic mass is 10.1. The van der Waals surface area contributed by atoms with Gasteiger partial charge >= 0.3 is 6.18 Å².